The number of hydrogen-bond acceptors (Lipinski definition) is 6. The molecule has 0 saturated carbocycles. The lowest BCUT2D eigenvalue weighted by Gasteiger charge is -2.28. The Kier molecular flexibility index (Phi) is 12.2. The molecule has 0 aliphatic rings. The van der Waals surface area contributed by atoms with Gasteiger partial charge in [0.1, 0.15) is 12.5 Å². The summed E-state index contributed by atoms with van der Waals surface area (Å²) in [5.41, 5.74) is 3.06. The predicted molar refractivity (Wildman–Crippen MR) is 138 cm³/mol. The van der Waals surface area contributed by atoms with E-state index in [9.17, 15) is 0 Å². The smallest absolute Gasteiger partial charge is 0.175 e. The maximum absolute atomic E-state index is 6.14. The van der Waals surface area contributed by atoms with Crippen molar-refractivity contribution < 1.29 is 28.4 Å². The molecule has 0 heterocycles. The topological polar surface area (TPSA) is 55.4 Å². The molecule has 6 nitrogen and oxygen atoms in total. The highest BCUT2D eigenvalue weighted by molar-refractivity contribution is 9.10. The van der Waals surface area contributed by atoms with Gasteiger partial charge in [0.05, 0.1) is 38.5 Å². The summed E-state index contributed by atoms with van der Waals surface area (Å²) in [5, 5.41) is 0. The highest BCUT2D eigenvalue weighted by Gasteiger charge is 2.28. The number of methoxy groups -OCH3 is 4. The Bertz CT molecular complexity index is 873. The van der Waals surface area contributed by atoms with Crippen LogP contribution in [0, 0.1) is 18.8 Å². The van der Waals surface area contributed by atoms with Crippen LogP contribution in [0.4, 0.5) is 0 Å². The van der Waals surface area contributed by atoms with E-state index in [-0.39, 0.29) is 18.8 Å². The van der Waals surface area contributed by atoms with Crippen LogP contribution in [-0.2, 0) is 27.2 Å². The fraction of sp³-hybridized carbons (Fsp3) is 0.556. The molecular formula is C27H39BrO6. The molecule has 0 radical (unpaired) electrons. The number of ether oxygens (including phenoxy) is 6. The van der Waals surface area contributed by atoms with E-state index in [1.54, 1.807) is 28.4 Å². The largest absolute Gasteiger partial charge is 0.496 e. The molecular weight excluding hydrogens is 500 g/mol. The van der Waals surface area contributed by atoms with E-state index in [1.807, 2.05) is 25.1 Å². The Morgan fingerprint density at radius 2 is 1.53 bits per heavy atom. The van der Waals surface area contributed by atoms with Crippen LogP contribution in [0.3, 0.4) is 0 Å². The fourth-order valence-electron chi connectivity index (χ4n) is 4.31. The Morgan fingerprint density at radius 1 is 0.882 bits per heavy atom. The van der Waals surface area contributed by atoms with E-state index in [0.717, 1.165) is 27.8 Å². The molecule has 0 unspecified atom stereocenters. The van der Waals surface area contributed by atoms with Gasteiger partial charge in [-0.15, -0.1) is 0 Å². The Hall–Kier alpha value is -1.80. The minimum Gasteiger partial charge on any atom is -0.496 e. The first kappa shape index (κ1) is 28.4. The first-order valence-electron chi connectivity index (χ1n) is 11.6. The van der Waals surface area contributed by atoms with Gasteiger partial charge in [-0.25, -0.2) is 0 Å². The summed E-state index contributed by atoms with van der Waals surface area (Å²) in [5.74, 6) is 2.71. The molecule has 2 aromatic carbocycles. The van der Waals surface area contributed by atoms with Crippen molar-refractivity contribution in [3.8, 4) is 17.2 Å². The van der Waals surface area contributed by atoms with Crippen LogP contribution >= 0.6 is 15.9 Å². The fourth-order valence-corrected chi connectivity index (χ4v) is 4.99. The molecule has 0 saturated heterocycles. The summed E-state index contributed by atoms with van der Waals surface area (Å²) in [6.07, 6.45) is 1.50. The van der Waals surface area contributed by atoms with Gasteiger partial charge in [0.15, 0.2) is 11.5 Å². The van der Waals surface area contributed by atoms with Gasteiger partial charge in [-0.05, 0) is 46.7 Å². The molecule has 0 aliphatic heterocycles. The molecule has 0 aliphatic carbocycles. The second kappa shape index (κ2) is 14.6. The third-order valence-electron chi connectivity index (χ3n) is 5.97. The maximum atomic E-state index is 6.14. The second-order valence-electron chi connectivity index (χ2n) is 8.65. The molecule has 2 rings (SSSR count). The minimum absolute atomic E-state index is 0.0841. The average Bonchev–Trinajstić information content (AvgIpc) is 2.83. The maximum Gasteiger partial charge on any atom is 0.175 e. The van der Waals surface area contributed by atoms with Gasteiger partial charge in [-0.1, -0.05) is 44.2 Å². The normalized spacial score (nSPS) is 13.9. The summed E-state index contributed by atoms with van der Waals surface area (Å²) < 4.78 is 35.2. The van der Waals surface area contributed by atoms with Crippen LogP contribution < -0.4 is 14.2 Å². The van der Waals surface area contributed by atoms with E-state index in [2.05, 4.69) is 41.9 Å². The SMILES string of the molecule is COCO[C@@H](Cc1c(Br)c(OC)c(OC)c(C)c1OC)[C@@H](C)C[C@H](C)COCc1ccccc1. The summed E-state index contributed by atoms with van der Waals surface area (Å²) in [6, 6.07) is 10.2. The van der Waals surface area contributed by atoms with E-state index in [1.165, 1.54) is 5.56 Å². The monoisotopic (exact) mass is 538 g/mol. The average molecular weight is 540 g/mol. The van der Waals surface area contributed by atoms with Gasteiger partial charge >= 0.3 is 0 Å². The van der Waals surface area contributed by atoms with Gasteiger partial charge in [-0.3, -0.25) is 0 Å². The quantitative estimate of drug-likeness (QED) is 0.252. The van der Waals surface area contributed by atoms with Crippen LogP contribution in [0.5, 0.6) is 17.2 Å². The van der Waals surface area contributed by atoms with Crippen molar-refractivity contribution in [3.05, 3.63) is 51.5 Å². The Balaban J connectivity index is 2.15. The molecule has 34 heavy (non-hydrogen) atoms. The molecule has 3 atom stereocenters. The summed E-state index contributed by atoms with van der Waals surface area (Å²) in [7, 11) is 6.57. The van der Waals surface area contributed by atoms with Crippen LogP contribution in [0.2, 0.25) is 0 Å². The Labute approximate surface area is 213 Å². The summed E-state index contributed by atoms with van der Waals surface area (Å²) >= 11 is 3.72. The van der Waals surface area contributed by atoms with Crippen molar-refractivity contribution in [1.82, 2.24) is 0 Å². The standard InChI is InChI=1S/C27H39BrO6/c1-18(15-33-16-21-11-9-8-10-12-21)13-19(2)23(34-17-29-4)14-22-24(28)27(32-7)26(31-6)20(3)25(22)30-5/h8-12,18-19,23H,13-17H2,1-7H3/t18-,19-,23-/m0/s1. The van der Waals surface area contributed by atoms with Crippen LogP contribution in [0.1, 0.15) is 37.0 Å². The van der Waals surface area contributed by atoms with E-state index >= 15 is 0 Å². The molecule has 0 spiro atoms. The zero-order chi connectivity index (χ0) is 25.1. The number of hydrogen-bond donors (Lipinski definition) is 0. The van der Waals surface area contributed by atoms with Gasteiger partial charge in [0.2, 0.25) is 0 Å². The molecule has 190 valence electrons. The Morgan fingerprint density at radius 3 is 2.12 bits per heavy atom. The first-order chi connectivity index (χ1) is 16.4. The third-order valence-corrected chi connectivity index (χ3v) is 6.80. The third kappa shape index (κ3) is 7.60. The van der Waals surface area contributed by atoms with Crippen molar-refractivity contribution in [2.45, 2.75) is 46.3 Å². The summed E-state index contributed by atoms with van der Waals surface area (Å²) in [6.45, 7) is 7.93. The van der Waals surface area contributed by atoms with E-state index in [0.29, 0.717) is 37.1 Å². The van der Waals surface area contributed by atoms with Crippen molar-refractivity contribution in [3.63, 3.8) is 0 Å². The van der Waals surface area contributed by atoms with Gasteiger partial charge in [-0.2, -0.15) is 0 Å². The van der Waals surface area contributed by atoms with Gasteiger partial charge in [0, 0.05) is 31.3 Å². The minimum atomic E-state index is -0.0841. The molecule has 0 bridgehead atoms. The highest BCUT2D eigenvalue weighted by Crippen LogP contribution is 2.47. The van der Waals surface area contributed by atoms with Crippen molar-refractivity contribution in [2.75, 3.05) is 41.8 Å². The van der Waals surface area contributed by atoms with Crippen molar-refractivity contribution in [1.29, 1.82) is 0 Å². The number of benzene rings is 2. The molecule has 2 aromatic rings. The van der Waals surface area contributed by atoms with Crippen molar-refractivity contribution in [2.24, 2.45) is 11.8 Å². The van der Waals surface area contributed by atoms with Crippen LogP contribution in [0.15, 0.2) is 34.8 Å². The zero-order valence-corrected chi connectivity index (χ0v) is 23.1. The highest BCUT2D eigenvalue weighted by atomic mass is 79.9. The summed E-state index contributed by atoms with van der Waals surface area (Å²) in [4.78, 5) is 0. The first-order valence-corrected chi connectivity index (χ1v) is 12.4. The van der Waals surface area contributed by atoms with Gasteiger partial charge in [0.25, 0.3) is 0 Å². The molecule has 0 amide bonds. The van der Waals surface area contributed by atoms with Crippen LogP contribution in [0.25, 0.3) is 0 Å². The van der Waals surface area contributed by atoms with E-state index in [4.69, 9.17) is 28.4 Å². The molecule has 0 N–H and O–H groups in total. The number of rotatable bonds is 15. The van der Waals surface area contributed by atoms with Gasteiger partial charge < -0.3 is 28.4 Å². The lowest BCUT2D eigenvalue weighted by molar-refractivity contribution is -0.0921. The predicted octanol–water partition coefficient (Wildman–Crippen LogP) is 6.19. The lowest BCUT2D eigenvalue weighted by Crippen LogP contribution is -2.28. The second-order valence-corrected chi connectivity index (χ2v) is 9.44. The lowest BCUT2D eigenvalue weighted by atomic mass is 9.89. The van der Waals surface area contributed by atoms with Crippen LogP contribution in [-0.4, -0.2) is 47.9 Å². The zero-order valence-electron chi connectivity index (χ0n) is 21.5. The molecule has 0 fully saturated rings. The van der Waals surface area contributed by atoms with Crippen molar-refractivity contribution >= 4 is 15.9 Å². The molecule has 0 aromatic heterocycles. The molecule has 7 heteroatoms. The number of halogens is 1. The van der Waals surface area contributed by atoms with E-state index < -0.39 is 0 Å².